The monoisotopic (exact) mass is 290 g/mol. The molecule has 0 aliphatic carbocycles. The number of ether oxygens (including phenoxy) is 2. The SMILES string of the molecule is COCCOC(=C(C(C)(C)F)C(C)(C)F)C(F)(F)F. The van der Waals surface area contributed by atoms with Crippen LogP contribution >= 0.6 is 0 Å². The molecule has 0 saturated carbocycles. The molecule has 0 rings (SSSR count). The van der Waals surface area contributed by atoms with Crippen LogP contribution < -0.4 is 0 Å². The van der Waals surface area contributed by atoms with E-state index in [9.17, 15) is 22.0 Å². The van der Waals surface area contributed by atoms with Gasteiger partial charge in [0, 0.05) is 12.7 Å². The van der Waals surface area contributed by atoms with E-state index in [1.807, 2.05) is 0 Å². The van der Waals surface area contributed by atoms with Gasteiger partial charge in [0.2, 0.25) is 5.76 Å². The Hall–Kier alpha value is -0.850. The van der Waals surface area contributed by atoms with E-state index < -0.39 is 35.5 Å². The summed E-state index contributed by atoms with van der Waals surface area (Å²) in [7, 11) is 1.28. The Morgan fingerprint density at radius 3 is 1.53 bits per heavy atom. The van der Waals surface area contributed by atoms with E-state index in [1.165, 1.54) is 7.11 Å². The Bertz CT molecular complexity index is 304. The largest absolute Gasteiger partial charge is 0.486 e. The molecular formula is C12H19F5O2. The van der Waals surface area contributed by atoms with Gasteiger partial charge in [0.25, 0.3) is 0 Å². The van der Waals surface area contributed by atoms with Gasteiger partial charge >= 0.3 is 6.18 Å². The summed E-state index contributed by atoms with van der Waals surface area (Å²) in [5.74, 6) is -1.63. The van der Waals surface area contributed by atoms with E-state index >= 15 is 0 Å². The maximum Gasteiger partial charge on any atom is 0.449 e. The van der Waals surface area contributed by atoms with E-state index in [1.54, 1.807) is 0 Å². The molecule has 114 valence electrons. The summed E-state index contributed by atoms with van der Waals surface area (Å²) in [4.78, 5) is 0. The van der Waals surface area contributed by atoms with Gasteiger partial charge in [-0.15, -0.1) is 0 Å². The van der Waals surface area contributed by atoms with Gasteiger partial charge in [-0.25, -0.2) is 8.78 Å². The molecule has 0 amide bonds. The van der Waals surface area contributed by atoms with Crippen molar-refractivity contribution in [3.05, 3.63) is 11.3 Å². The van der Waals surface area contributed by atoms with Gasteiger partial charge in [-0.1, -0.05) is 0 Å². The fourth-order valence-electron chi connectivity index (χ4n) is 1.77. The third-order valence-electron chi connectivity index (χ3n) is 2.21. The predicted molar refractivity (Wildman–Crippen MR) is 61.3 cm³/mol. The Kier molecular flexibility index (Phi) is 5.80. The number of hydrogen-bond acceptors (Lipinski definition) is 2. The molecule has 0 aliphatic heterocycles. The summed E-state index contributed by atoms with van der Waals surface area (Å²) in [6.07, 6.45) is -4.98. The van der Waals surface area contributed by atoms with Crippen LogP contribution in [-0.2, 0) is 9.47 Å². The lowest BCUT2D eigenvalue weighted by molar-refractivity contribution is -0.138. The standard InChI is InChI=1S/C12H19F5O2/c1-10(2,13)8(11(3,4)14)9(12(15,16)17)19-7-6-18-5/h6-7H2,1-5H3. The first kappa shape index (κ1) is 18.1. The van der Waals surface area contributed by atoms with Gasteiger partial charge in [-0.3, -0.25) is 0 Å². The van der Waals surface area contributed by atoms with Crippen LogP contribution in [0.15, 0.2) is 11.3 Å². The first-order valence-corrected chi connectivity index (χ1v) is 5.63. The molecule has 0 aromatic rings. The van der Waals surface area contributed by atoms with Crippen LogP contribution in [0.4, 0.5) is 22.0 Å². The molecule has 0 aromatic carbocycles. The highest BCUT2D eigenvalue weighted by molar-refractivity contribution is 5.29. The second-order valence-electron chi connectivity index (χ2n) is 4.99. The lowest BCUT2D eigenvalue weighted by Gasteiger charge is -2.31. The molecule has 0 N–H and O–H groups in total. The molecular weight excluding hydrogens is 271 g/mol. The highest BCUT2D eigenvalue weighted by Crippen LogP contribution is 2.41. The van der Waals surface area contributed by atoms with Crippen LogP contribution in [0.25, 0.3) is 0 Å². The molecule has 0 fully saturated rings. The lowest BCUT2D eigenvalue weighted by Crippen LogP contribution is -2.36. The van der Waals surface area contributed by atoms with Gasteiger partial charge < -0.3 is 9.47 Å². The molecule has 0 heterocycles. The highest BCUT2D eigenvalue weighted by Gasteiger charge is 2.48. The molecule has 19 heavy (non-hydrogen) atoms. The summed E-state index contributed by atoms with van der Waals surface area (Å²) >= 11 is 0. The molecule has 0 unspecified atom stereocenters. The second kappa shape index (κ2) is 6.07. The van der Waals surface area contributed by atoms with Crippen LogP contribution in [0.5, 0.6) is 0 Å². The minimum absolute atomic E-state index is 0.119. The molecule has 0 radical (unpaired) electrons. The summed E-state index contributed by atoms with van der Waals surface area (Å²) in [6, 6.07) is 0. The second-order valence-corrected chi connectivity index (χ2v) is 4.99. The van der Waals surface area contributed by atoms with Crippen LogP contribution in [-0.4, -0.2) is 37.8 Å². The molecule has 0 atom stereocenters. The van der Waals surface area contributed by atoms with Gasteiger partial charge in [-0.2, -0.15) is 13.2 Å². The van der Waals surface area contributed by atoms with Gasteiger partial charge in [-0.05, 0) is 27.7 Å². The van der Waals surface area contributed by atoms with Crippen LogP contribution in [0.3, 0.4) is 0 Å². The molecule has 0 aromatic heterocycles. The third kappa shape index (κ3) is 5.76. The Balaban J connectivity index is 5.74. The van der Waals surface area contributed by atoms with E-state index in [4.69, 9.17) is 0 Å². The molecule has 7 heteroatoms. The predicted octanol–water partition coefficient (Wildman–Crippen LogP) is 3.96. The highest BCUT2D eigenvalue weighted by atomic mass is 19.4. The Labute approximate surface area is 109 Å². The topological polar surface area (TPSA) is 18.5 Å². The molecule has 0 aliphatic rings. The molecule has 0 bridgehead atoms. The van der Waals surface area contributed by atoms with Crippen molar-refractivity contribution in [1.82, 2.24) is 0 Å². The first-order valence-electron chi connectivity index (χ1n) is 5.63. The average molecular weight is 290 g/mol. The smallest absolute Gasteiger partial charge is 0.449 e. The van der Waals surface area contributed by atoms with Crippen molar-refractivity contribution in [1.29, 1.82) is 0 Å². The van der Waals surface area contributed by atoms with Crippen molar-refractivity contribution >= 4 is 0 Å². The quantitative estimate of drug-likeness (QED) is 0.419. The number of rotatable bonds is 6. The van der Waals surface area contributed by atoms with Crippen molar-refractivity contribution in [2.75, 3.05) is 20.3 Å². The van der Waals surface area contributed by atoms with Crippen molar-refractivity contribution in [2.24, 2.45) is 0 Å². The van der Waals surface area contributed by atoms with Gasteiger partial charge in [0.15, 0.2) is 0 Å². The summed E-state index contributed by atoms with van der Waals surface area (Å²) in [6.45, 7) is 2.86. The average Bonchev–Trinajstić information content (AvgIpc) is 2.10. The van der Waals surface area contributed by atoms with Crippen LogP contribution in [0.2, 0.25) is 0 Å². The van der Waals surface area contributed by atoms with Gasteiger partial charge in [0.05, 0.1) is 6.61 Å². The summed E-state index contributed by atoms with van der Waals surface area (Å²) in [5.41, 5.74) is -6.07. The van der Waals surface area contributed by atoms with Crippen LogP contribution in [0.1, 0.15) is 27.7 Å². The molecule has 0 spiro atoms. The van der Waals surface area contributed by atoms with Crippen molar-refractivity contribution < 1.29 is 31.4 Å². The van der Waals surface area contributed by atoms with E-state index in [2.05, 4.69) is 9.47 Å². The number of alkyl halides is 5. The van der Waals surface area contributed by atoms with E-state index in [-0.39, 0.29) is 6.61 Å². The fraction of sp³-hybridized carbons (Fsp3) is 0.833. The third-order valence-corrected chi connectivity index (χ3v) is 2.21. The molecule has 2 nitrogen and oxygen atoms in total. The normalized spacial score (nSPS) is 13.4. The lowest BCUT2D eigenvalue weighted by atomic mass is 9.86. The number of allylic oxidation sites excluding steroid dienone is 2. The van der Waals surface area contributed by atoms with Crippen molar-refractivity contribution in [2.45, 2.75) is 45.2 Å². The number of methoxy groups -OCH3 is 1. The minimum atomic E-state index is -4.98. The zero-order chi connectivity index (χ0) is 15.5. The minimum Gasteiger partial charge on any atom is -0.486 e. The van der Waals surface area contributed by atoms with Crippen LogP contribution in [0, 0.1) is 0 Å². The number of hydrogen-bond donors (Lipinski definition) is 0. The van der Waals surface area contributed by atoms with E-state index in [0.717, 1.165) is 27.7 Å². The Morgan fingerprint density at radius 1 is 0.842 bits per heavy atom. The van der Waals surface area contributed by atoms with Crippen molar-refractivity contribution in [3.8, 4) is 0 Å². The zero-order valence-electron chi connectivity index (χ0n) is 11.6. The van der Waals surface area contributed by atoms with E-state index in [0.29, 0.717) is 0 Å². The first-order chi connectivity index (χ1) is 8.31. The zero-order valence-corrected chi connectivity index (χ0v) is 11.6. The molecule has 0 saturated heterocycles. The van der Waals surface area contributed by atoms with Gasteiger partial charge in [0.1, 0.15) is 17.9 Å². The number of halogens is 5. The maximum absolute atomic E-state index is 13.9. The maximum atomic E-state index is 13.9. The summed E-state index contributed by atoms with van der Waals surface area (Å²) in [5, 5.41) is 0. The Morgan fingerprint density at radius 2 is 1.26 bits per heavy atom. The van der Waals surface area contributed by atoms with Crippen molar-refractivity contribution in [3.63, 3.8) is 0 Å². The summed E-state index contributed by atoms with van der Waals surface area (Å²) < 4.78 is 75.6. The fourth-order valence-corrected chi connectivity index (χ4v) is 1.77.